The molecule has 2 rings (SSSR count). The first kappa shape index (κ1) is 16.0. The summed E-state index contributed by atoms with van der Waals surface area (Å²) in [4.78, 5) is 22.2. The van der Waals surface area contributed by atoms with Gasteiger partial charge in [-0.15, -0.1) is 0 Å². The van der Waals surface area contributed by atoms with Crippen molar-refractivity contribution >= 4 is 23.3 Å². The number of hydrogen-bond acceptors (Lipinski definition) is 5. The van der Waals surface area contributed by atoms with Crippen molar-refractivity contribution in [2.75, 3.05) is 31.6 Å². The fourth-order valence-corrected chi connectivity index (χ4v) is 2.44. The van der Waals surface area contributed by atoms with E-state index < -0.39 is 0 Å². The van der Waals surface area contributed by atoms with Gasteiger partial charge in [0.1, 0.15) is 17.6 Å². The molecule has 1 fully saturated rings. The van der Waals surface area contributed by atoms with Crippen LogP contribution in [0.15, 0.2) is 6.07 Å². The van der Waals surface area contributed by atoms with Gasteiger partial charge in [0.05, 0.1) is 0 Å². The second-order valence-electron chi connectivity index (χ2n) is 4.89. The van der Waals surface area contributed by atoms with Gasteiger partial charge >= 0.3 is 0 Å². The summed E-state index contributed by atoms with van der Waals surface area (Å²) in [6, 6.07) is 1.65. The van der Waals surface area contributed by atoms with Gasteiger partial charge in [-0.25, -0.2) is 9.97 Å². The van der Waals surface area contributed by atoms with Gasteiger partial charge in [0.2, 0.25) is 5.91 Å². The number of halogens is 1. The van der Waals surface area contributed by atoms with Crippen LogP contribution in [-0.4, -0.2) is 47.0 Å². The van der Waals surface area contributed by atoms with Crippen molar-refractivity contribution in [2.45, 2.75) is 32.8 Å². The lowest BCUT2D eigenvalue weighted by Gasteiger charge is -2.15. The third kappa shape index (κ3) is 5.13. The largest absolute Gasteiger partial charge is 0.374 e. The van der Waals surface area contributed by atoms with Gasteiger partial charge in [-0.1, -0.05) is 11.6 Å². The van der Waals surface area contributed by atoms with Crippen LogP contribution in [0.2, 0.25) is 5.15 Å². The minimum Gasteiger partial charge on any atom is -0.374 e. The number of rotatable bonds is 7. The van der Waals surface area contributed by atoms with E-state index >= 15 is 0 Å². The zero-order valence-corrected chi connectivity index (χ0v) is 13.0. The van der Waals surface area contributed by atoms with Crippen molar-refractivity contribution < 1.29 is 9.53 Å². The van der Waals surface area contributed by atoms with Crippen molar-refractivity contribution in [1.29, 1.82) is 0 Å². The Labute approximate surface area is 129 Å². The molecule has 1 saturated heterocycles. The number of carbonyl (C=O) groups is 1. The Kier molecular flexibility index (Phi) is 6.20. The van der Waals surface area contributed by atoms with E-state index in [2.05, 4.69) is 15.3 Å². The molecule has 0 bridgehead atoms. The van der Waals surface area contributed by atoms with Crippen LogP contribution in [0.1, 0.15) is 32.0 Å². The monoisotopic (exact) mass is 312 g/mol. The molecular formula is C14H21ClN4O2. The number of ether oxygens (including phenoxy) is 1. The quantitative estimate of drug-likeness (QED) is 0.781. The van der Waals surface area contributed by atoms with Gasteiger partial charge in [0.15, 0.2) is 5.82 Å². The lowest BCUT2D eigenvalue weighted by molar-refractivity contribution is -0.129. The van der Waals surface area contributed by atoms with Crippen LogP contribution < -0.4 is 5.32 Å². The summed E-state index contributed by atoms with van der Waals surface area (Å²) in [6.45, 7) is 5.15. The van der Waals surface area contributed by atoms with Crippen LogP contribution in [0.3, 0.4) is 0 Å². The number of anilines is 1. The third-order valence-corrected chi connectivity index (χ3v) is 3.47. The lowest BCUT2D eigenvalue weighted by Crippen LogP contribution is -2.29. The predicted molar refractivity (Wildman–Crippen MR) is 81.3 cm³/mol. The van der Waals surface area contributed by atoms with E-state index in [0.29, 0.717) is 43.0 Å². The molecule has 1 aromatic heterocycles. The predicted octanol–water partition coefficient (Wildman–Crippen LogP) is 2.09. The molecule has 0 unspecified atom stereocenters. The van der Waals surface area contributed by atoms with Gasteiger partial charge in [0, 0.05) is 38.7 Å². The average molecular weight is 313 g/mol. The Hall–Kier alpha value is -1.40. The molecule has 0 aliphatic carbocycles. The standard InChI is InChI=1S/C14H21ClN4O2/c1-2-21-10-13-17-11(15)9-12(18-13)16-6-5-14(20)19-7-3-4-8-19/h9H,2-8,10H2,1H3,(H,16,17,18). The summed E-state index contributed by atoms with van der Waals surface area (Å²) in [7, 11) is 0. The summed E-state index contributed by atoms with van der Waals surface area (Å²) in [5.41, 5.74) is 0. The van der Waals surface area contributed by atoms with Gasteiger partial charge in [-0.3, -0.25) is 4.79 Å². The fraction of sp³-hybridized carbons (Fsp3) is 0.643. The Morgan fingerprint density at radius 1 is 1.43 bits per heavy atom. The molecule has 1 amide bonds. The summed E-state index contributed by atoms with van der Waals surface area (Å²) >= 11 is 5.95. The van der Waals surface area contributed by atoms with Crippen LogP contribution in [0.5, 0.6) is 0 Å². The lowest BCUT2D eigenvalue weighted by atomic mass is 10.3. The minimum atomic E-state index is 0.190. The zero-order valence-electron chi connectivity index (χ0n) is 12.3. The second kappa shape index (κ2) is 8.14. The number of likely N-dealkylation sites (tertiary alicyclic amines) is 1. The number of hydrogen-bond donors (Lipinski definition) is 1. The average Bonchev–Trinajstić information content (AvgIpc) is 2.99. The van der Waals surface area contributed by atoms with Crippen LogP contribution in [0.4, 0.5) is 5.82 Å². The van der Waals surface area contributed by atoms with Crippen LogP contribution >= 0.6 is 11.6 Å². The molecule has 0 aromatic carbocycles. The van der Waals surface area contributed by atoms with E-state index in [4.69, 9.17) is 16.3 Å². The fourth-order valence-electron chi connectivity index (χ4n) is 2.24. The Morgan fingerprint density at radius 3 is 2.90 bits per heavy atom. The SMILES string of the molecule is CCOCc1nc(Cl)cc(NCCC(=O)N2CCCC2)n1. The van der Waals surface area contributed by atoms with Gasteiger partial charge < -0.3 is 15.0 Å². The third-order valence-electron chi connectivity index (χ3n) is 3.28. The van der Waals surface area contributed by atoms with E-state index in [9.17, 15) is 4.79 Å². The molecule has 2 heterocycles. The molecule has 1 aliphatic heterocycles. The summed E-state index contributed by atoms with van der Waals surface area (Å²) in [5.74, 6) is 1.35. The van der Waals surface area contributed by atoms with Crippen molar-refractivity contribution in [3.05, 3.63) is 17.0 Å². The molecule has 21 heavy (non-hydrogen) atoms. The van der Waals surface area contributed by atoms with Gasteiger partial charge in [-0.2, -0.15) is 0 Å². The molecule has 0 saturated carbocycles. The van der Waals surface area contributed by atoms with Crippen molar-refractivity contribution in [2.24, 2.45) is 0 Å². The molecular weight excluding hydrogens is 292 g/mol. The van der Waals surface area contributed by atoms with Gasteiger partial charge in [-0.05, 0) is 19.8 Å². The van der Waals surface area contributed by atoms with E-state index in [1.165, 1.54) is 0 Å². The van der Waals surface area contributed by atoms with Crippen molar-refractivity contribution in [3.8, 4) is 0 Å². The van der Waals surface area contributed by atoms with Crippen LogP contribution in [0, 0.1) is 0 Å². The minimum absolute atomic E-state index is 0.190. The molecule has 1 aliphatic rings. The number of aromatic nitrogens is 2. The Balaban J connectivity index is 1.81. The highest BCUT2D eigenvalue weighted by atomic mass is 35.5. The van der Waals surface area contributed by atoms with E-state index in [1.807, 2.05) is 11.8 Å². The molecule has 116 valence electrons. The maximum atomic E-state index is 11.9. The topological polar surface area (TPSA) is 67.3 Å². The van der Waals surface area contributed by atoms with Crippen LogP contribution in [0.25, 0.3) is 0 Å². The smallest absolute Gasteiger partial charge is 0.224 e. The number of amides is 1. The maximum absolute atomic E-state index is 11.9. The highest BCUT2D eigenvalue weighted by Gasteiger charge is 2.17. The van der Waals surface area contributed by atoms with Crippen LogP contribution in [-0.2, 0) is 16.1 Å². The van der Waals surface area contributed by atoms with E-state index in [1.54, 1.807) is 6.07 Å². The maximum Gasteiger partial charge on any atom is 0.224 e. The first-order valence-corrected chi connectivity index (χ1v) is 7.69. The highest BCUT2D eigenvalue weighted by molar-refractivity contribution is 6.29. The highest BCUT2D eigenvalue weighted by Crippen LogP contribution is 2.13. The molecule has 1 N–H and O–H groups in total. The van der Waals surface area contributed by atoms with Gasteiger partial charge in [0.25, 0.3) is 0 Å². The molecule has 0 spiro atoms. The molecule has 7 heteroatoms. The van der Waals surface area contributed by atoms with Crippen molar-refractivity contribution in [1.82, 2.24) is 14.9 Å². The molecule has 1 aromatic rings. The van der Waals surface area contributed by atoms with Crippen molar-refractivity contribution in [3.63, 3.8) is 0 Å². The molecule has 0 radical (unpaired) electrons. The number of nitrogens with one attached hydrogen (secondary N) is 1. The number of nitrogens with zero attached hydrogens (tertiary/aromatic N) is 3. The molecule has 0 atom stereocenters. The number of carbonyl (C=O) groups excluding carboxylic acids is 1. The Morgan fingerprint density at radius 2 is 2.19 bits per heavy atom. The summed E-state index contributed by atoms with van der Waals surface area (Å²) < 4.78 is 5.27. The Bertz CT molecular complexity index is 478. The first-order chi connectivity index (χ1) is 10.2. The summed E-state index contributed by atoms with van der Waals surface area (Å²) in [5, 5.41) is 3.49. The normalized spacial score (nSPS) is 14.5. The second-order valence-corrected chi connectivity index (χ2v) is 5.28. The first-order valence-electron chi connectivity index (χ1n) is 7.32. The molecule has 6 nitrogen and oxygen atoms in total. The zero-order chi connectivity index (χ0) is 15.1. The van der Waals surface area contributed by atoms with E-state index in [0.717, 1.165) is 25.9 Å². The summed E-state index contributed by atoms with van der Waals surface area (Å²) in [6.07, 6.45) is 2.69. The van der Waals surface area contributed by atoms with E-state index in [-0.39, 0.29) is 5.91 Å².